The van der Waals surface area contributed by atoms with E-state index >= 15 is 0 Å². The zero-order valence-electron chi connectivity index (χ0n) is 9.23. The lowest BCUT2D eigenvalue weighted by Crippen LogP contribution is -1.93. The third-order valence-corrected chi connectivity index (χ3v) is 2.58. The molecule has 12 heavy (non-hydrogen) atoms. The molecule has 1 atom stereocenters. The van der Waals surface area contributed by atoms with Crippen LogP contribution in [0.5, 0.6) is 0 Å². The van der Waals surface area contributed by atoms with Crippen LogP contribution in [0.3, 0.4) is 0 Å². The minimum Gasteiger partial charge on any atom is -0.0808 e. The van der Waals surface area contributed by atoms with Crippen LogP contribution in [-0.4, -0.2) is 7.85 Å². The lowest BCUT2D eigenvalue weighted by atomic mass is 9.91. The molecule has 0 saturated heterocycles. The van der Waals surface area contributed by atoms with Gasteiger partial charge in [-0.25, -0.2) is 0 Å². The lowest BCUT2D eigenvalue weighted by molar-refractivity contribution is 0.474. The molecule has 1 unspecified atom stereocenters. The summed E-state index contributed by atoms with van der Waals surface area (Å²) in [7, 11) is 2.29. The Kier molecular flexibility index (Phi) is 9.20. The van der Waals surface area contributed by atoms with E-state index in [1.54, 1.807) is 0 Å². The van der Waals surface area contributed by atoms with Crippen LogP contribution in [0.4, 0.5) is 0 Å². The first-order valence-corrected chi connectivity index (χ1v) is 5.81. The molecule has 0 amide bonds. The molecule has 0 rings (SSSR count). The molecule has 0 N–H and O–H groups in total. The molecule has 72 valence electrons. The van der Waals surface area contributed by atoms with Crippen molar-refractivity contribution in [3.8, 4) is 0 Å². The Bertz CT molecular complexity index is 81.1. The van der Waals surface area contributed by atoms with Crippen LogP contribution in [0.15, 0.2) is 0 Å². The van der Waals surface area contributed by atoms with Crippen molar-refractivity contribution in [3.05, 3.63) is 0 Å². The first-order chi connectivity index (χ1) is 5.81. The molecule has 0 aromatic heterocycles. The minimum absolute atomic E-state index is 0.969. The van der Waals surface area contributed by atoms with Crippen LogP contribution in [0.1, 0.15) is 58.8 Å². The number of hydrogen-bond donors (Lipinski definition) is 0. The third kappa shape index (κ3) is 8.16. The van der Waals surface area contributed by atoms with Crippen molar-refractivity contribution in [1.82, 2.24) is 0 Å². The average Bonchev–Trinajstić information content (AvgIpc) is 2.05. The van der Waals surface area contributed by atoms with Crippen molar-refractivity contribution < 1.29 is 0 Å². The highest BCUT2D eigenvalue weighted by Crippen LogP contribution is 2.14. The average molecular weight is 168 g/mol. The second kappa shape index (κ2) is 9.16. The summed E-state index contributed by atoms with van der Waals surface area (Å²) in [4.78, 5) is 0. The predicted octanol–water partition coefficient (Wildman–Crippen LogP) is 3.42. The summed E-state index contributed by atoms with van der Waals surface area (Å²) < 4.78 is 0. The zero-order chi connectivity index (χ0) is 9.23. The van der Waals surface area contributed by atoms with E-state index < -0.39 is 0 Å². The van der Waals surface area contributed by atoms with Gasteiger partial charge in [-0.3, -0.25) is 0 Å². The van der Waals surface area contributed by atoms with Crippen molar-refractivity contribution in [3.63, 3.8) is 0 Å². The highest BCUT2D eigenvalue weighted by Gasteiger charge is 1.99. The lowest BCUT2D eigenvalue weighted by Gasteiger charge is -2.08. The fraction of sp³-hybridized carbons (Fsp3) is 1.00. The number of rotatable bonds is 8. The van der Waals surface area contributed by atoms with Gasteiger partial charge in [0.25, 0.3) is 0 Å². The quantitative estimate of drug-likeness (QED) is 0.384. The Morgan fingerprint density at radius 2 is 1.67 bits per heavy atom. The summed E-state index contributed by atoms with van der Waals surface area (Å²) in [6, 6.07) is 0. The maximum absolute atomic E-state index is 2.39. The summed E-state index contributed by atoms with van der Waals surface area (Å²) >= 11 is 0. The van der Waals surface area contributed by atoms with Crippen LogP contribution in [0.25, 0.3) is 0 Å². The van der Waals surface area contributed by atoms with Crippen LogP contribution < -0.4 is 0 Å². The molecular formula is C11H25B. The van der Waals surface area contributed by atoms with Crippen LogP contribution >= 0.6 is 0 Å². The van der Waals surface area contributed by atoms with Gasteiger partial charge >= 0.3 is 0 Å². The summed E-state index contributed by atoms with van der Waals surface area (Å²) in [6.45, 7) is 4.67. The van der Waals surface area contributed by atoms with E-state index in [1.165, 1.54) is 51.3 Å². The number of hydrogen-bond acceptors (Lipinski definition) is 0. The summed E-state index contributed by atoms with van der Waals surface area (Å²) in [5.74, 6) is 0.969. The monoisotopic (exact) mass is 168 g/mol. The SMILES string of the molecule is BCCC(C)CCCCCCC. The summed E-state index contributed by atoms with van der Waals surface area (Å²) in [5, 5.41) is 0. The fourth-order valence-electron chi connectivity index (χ4n) is 1.73. The second-order valence-electron chi connectivity index (χ2n) is 4.10. The van der Waals surface area contributed by atoms with E-state index in [0.717, 1.165) is 5.92 Å². The van der Waals surface area contributed by atoms with Gasteiger partial charge < -0.3 is 0 Å². The van der Waals surface area contributed by atoms with Crippen molar-refractivity contribution in [2.24, 2.45) is 5.92 Å². The fourth-order valence-corrected chi connectivity index (χ4v) is 1.73. The Hall–Kier alpha value is 0.0649. The Balaban J connectivity index is 2.97. The van der Waals surface area contributed by atoms with Crippen LogP contribution in [0.2, 0.25) is 6.32 Å². The van der Waals surface area contributed by atoms with Crippen molar-refractivity contribution in [2.75, 3.05) is 0 Å². The maximum Gasteiger partial charge on any atom is 0.101 e. The van der Waals surface area contributed by atoms with E-state index in [-0.39, 0.29) is 0 Å². The normalized spacial score (nSPS) is 13.2. The molecular weight excluding hydrogens is 143 g/mol. The van der Waals surface area contributed by atoms with Crippen LogP contribution in [0, 0.1) is 5.92 Å². The van der Waals surface area contributed by atoms with E-state index in [9.17, 15) is 0 Å². The van der Waals surface area contributed by atoms with Gasteiger partial charge in [0.05, 0.1) is 0 Å². The van der Waals surface area contributed by atoms with Gasteiger partial charge in [-0.05, 0) is 5.92 Å². The molecule has 0 aromatic rings. The van der Waals surface area contributed by atoms with Gasteiger partial charge in [0.1, 0.15) is 7.85 Å². The molecule has 0 aromatic carbocycles. The molecule has 0 bridgehead atoms. The van der Waals surface area contributed by atoms with Gasteiger partial charge in [-0.2, -0.15) is 0 Å². The Labute approximate surface area is 79.5 Å². The topological polar surface area (TPSA) is 0 Å². The molecule has 0 radical (unpaired) electrons. The molecule has 0 aliphatic carbocycles. The highest BCUT2D eigenvalue weighted by molar-refractivity contribution is 6.08. The molecule has 0 saturated carbocycles. The van der Waals surface area contributed by atoms with Crippen molar-refractivity contribution in [1.29, 1.82) is 0 Å². The van der Waals surface area contributed by atoms with Crippen molar-refractivity contribution in [2.45, 2.75) is 65.1 Å². The molecule has 0 fully saturated rings. The van der Waals surface area contributed by atoms with Gasteiger partial charge in [-0.15, -0.1) is 0 Å². The smallest absolute Gasteiger partial charge is 0.0808 e. The molecule has 0 aliphatic rings. The number of unbranched alkanes of at least 4 members (excludes halogenated alkanes) is 4. The molecule has 1 heteroatoms. The standard InChI is InChI=1S/C11H25B/c1-3-4-5-6-7-8-11(2)9-10-12/h11H,3-10,12H2,1-2H3. The largest absolute Gasteiger partial charge is 0.101 e. The van der Waals surface area contributed by atoms with Gasteiger partial charge in [0.15, 0.2) is 0 Å². The Morgan fingerprint density at radius 1 is 1.00 bits per heavy atom. The predicted molar refractivity (Wildman–Crippen MR) is 60.5 cm³/mol. The van der Waals surface area contributed by atoms with Crippen LogP contribution in [-0.2, 0) is 0 Å². The highest BCUT2D eigenvalue weighted by atomic mass is 14.0. The molecule has 0 nitrogen and oxygen atoms in total. The second-order valence-corrected chi connectivity index (χ2v) is 4.10. The zero-order valence-corrected chi connectivity index (χ0v) is 9.23. The minimum atomic E-state index is 0.969. The Morgan fingerprint density at radius 3 is 2.25 bits per heavy atom. The van der Waals surface area contributed by atoms with E-state index in [1.807, 2.05) is 0 Å². The first-order valence-electron chi connectivity index (χ1n) is 5.81. The van der Waals surface area contributed by atoms with Gasteiger partial charge in [0.2, 0.25) is 0 Å². The van der Waals surface area contributed by atoms with E-state index in [2.05, 4.69) is 21.7 Å². The first kappa shape index (κ1) is 12.1. The van der Waals surface area contributed by atoms with E-state index in [0.29, 0.717) is 0 Å². The maximum atomic E-state index is 2.39. The van der Waals surface area contributed by atoms with Gasteiger partial charge in [-0.1, -0.05) is 65.1 Å². The molecule has 0 heterocycles. The third-order valence-electron chi connectivity index (χ3n) is 2.58. The summed E-state index contributed by atoms with van der Waals surface area (Å²) in [6.07, 6.45) is 11.4. The molecule has 0 aliphatic heterocycles. The van der Waals surface area contributed by atoms with Gasteiger partial charge in [0, 0.05) is 0 Å². The summed E-state index contributed by atoms with van der Waals surface area (Å²) in [5.41, 5.74) is 0. The van der Waals surface area contributed by atoms with E-state index in [4.69, 9.17) is 0 Å². The molecule has 0 spiro atoms. The van der Waals surface area contributed by atoms with Crippen molar-refractivity contribution >= 4 is 7.85 Å².